The highest BCUT2D eigenvalue weighted by atomic mass is 28.4. The Morgan fingerprint density at radius 2 is 1.50 bits per heavy atom. The van der Waals surface area contributed by atoms with Gasteiger partial charge in [-0.3, -0.25) is 0 Å². The zero-order chi connectivity index (χ0) is 8.04. The molecule has 0 bridgehead atoms. The first kappa shape index (κ1) is 10.1. The van der Waals surface area contributed by atoms with Gasteiger partial charge in [0.05, 0.1) is 0 Å². The Hall–Kier alpha value is 0.0969. The highest BCUT2D eigenvalue weighted by molar-refractivity contribution is 6.63. The molecule has 0 radical (unpaired) electrons. The van der Waals surface area contributed by atoms with Gasteiger partial charge in [-0.05, 0) is 13.8 Å². The minimum absolute atomic E-state index is 0.649. The van der Waals surface area contributed by atoms with Gasteiger partial charge in [-0.1, -0.05) is 6.92 Å². The van der Waals surface area contributed by atoms with Crippen LogP contribution in [0.1, 0.15) is 20.8 Å². The van der Waals surface area contributed by atoms with E-state index in [0.717, 1.165) is 6.04 Å². The van der Waals surface area contributed by atoms with Gasteiger partial charge in [0, 0.05) is 19.3 Å². The summed E-state index contributed by atoms with van der Waals surface area (Å²) in [7, 11) is -2.22. The molecule has 0 saturated carbocycles. The smallest absolute Gasteiger partial charge is 0.383 e. The Labute approximate surface area is 63.8 Å². The maximum absolute atomic E-state index is 5.81. The van der Waals surface area contributed by atoms with Crippen LogP contribution in [0.15, 0.2) is 0 Å². The van der Waals surface area contributed by atoms with Gasteiger partial charge in [0.2, 0.25) is 0 Å². The summed E-state index contributed by atoms with van der Waals surface area (Å²) in [6.45, 7) is 7.16. The lowest BCUT2D eigenvalue weighted by atomic mass is 10.9. The highest BCUT2D eigenvalue weighted by Gasteiger charge is 2.29. The van der Waals surface area contributed by atoms with Crippen molar-refractivity contribution in [2.75, 3.05) is 13.2 Å². The summed E-state index contributed by atoms with van der Waals surface area (Å²) in [5, 5.41) is 5.81. The van der Waals surface area contributed by atoms with E-state index in [1.165, 1.54) is 0 Å². The van der Waals surface area contributed by atoms with Gasteiger partial charge in [0.1, 0.15) is 0 Å². The van der Waals surface area contributed by atoms with Crippen LogP contribution in [0.25, 0.3) is 0 Å². The molecule has 2 N–H and O–H groups in total. The molecule has 0 rings (SSSR count). The predicted octanol–water partition coefficient (Wildman–Crippen LogP) is 0.977. The lowest BCUT2D eigenvalue weighted by molar-refractivity contribution is 0.185. The zero-order valence-corrected chi connectivity index (χ0v) is 8.02. The number of hydrogen-bond acceptors (Lipinski definition) is 3. The van der Waals surface area contributed by atoms with Gasteiger partial charge in [-0.15, -0.1) is 0 Å². The Balaban J connectivity index is 3.69. The van der Waals surface area contributed by atoms with Crippen molar-refractivity contribution < 1.29 is 8.85 Å². The minimum atomic E-state index is -2.22. The quantitative estimate of drug-likeness (QED) is 0.614. The summed E-state index contributed by atoms with van der Waals surface area (Å²) in [6.07, 6.45) is 0. The van der Waals surface area contributed by atoms with Gasteiger partial charge in [-0.2, -0.15) is 0 Å². The van der Waals surface area contributed by atoms with Gasteiger partial charge < -0.3 is 14.3 Å². The fourth-order valence-corrected chi connectivity index (χ4v) is 2.20. The molecule has 0 aromatic heterocycles. The molecular weight excluding hydrogens is 146 g/mol. The molecule has 0 saturated heterocycles. The van der Waals surface area contributed by atoms with Crippen molar-refractivity contribution in [3.63, 3.8) is 0 Å². The Morgan fingerprint density at radius 1 is 1.10 bits per heavy atom. The van der Waals surface area contributed by atoms with Gasteiger partial charge in [0.15, 0.2) is 0 Å². The normalized spacial score (nSPS) is 12.0. The number of hydrogen-bond donors (Lipinski definition) is 1. The molecule has 0 aromatic rings. The van der Waals surface area contributed by atoms with Gasteiger partial charge in [-0.25, -0.2) is 0 Å². The first-order valence-corrected chi connectivity index (χ1v) is 5.85. The Kier molecular flexibility index (Phi) is 4.89. The summed E-state index contributed by atoms with van der Waals surface area (Å²) < 4.78 is 10.6. The molecule has 0 unspecified atom stereocenters. The van der Waals surface area contributed by atoms with Crippen molar-refractivity contribution in [1.82, 2.24) is 0 Å². The van der Waals surface area contributed by atoms with Crippen LogP contribution in [-0.4, -0.2) is 21.9 Å². The molecule has 3 nitrogen and oxygen atoms in total. The first-order valence-electron chi connectivity index (χ1n) is 3.75. The predicted molar refractivity (Wildman–Crippen MR) is 43.7 cm³/mol. The molecule has 0 heterocycles. The van der Waals surface area contributed by atoms with Crippen LogP contribution < -0.4 is 5.40 Å². The maximum Gasteiger partial charge on any atom is 0.422 e. The van der Waals surface area contributed by atoms with Crippen LogP contribution in [0.3, 0.4) is 0 Å². The summed E-state index contributed by atoms with van der Waals surface area (Å²) in [5.41, 5.74) is 0. The average Bonchev–Trinajstić information content (AvgIpc) is 1.89. The van der Waals surface area contributed by atoms with E-state index in [1.807, 2.05) is 20.8 Å². The standard InChI is InChI=1S/C6H17NO2Si/c1-4-8-10(7,6-3)9-5-2/h4-7H2,1-3H3. The summed E-state index contributed by atoms with van der Waals surface area (Å²) in [6, 6.07) is 0.814. The van der Waals surface area contributed by atoms with E-state index >= 15 is 0 Å². The lowest BCUT2D eigenvalue weighted by Gasteiger charge is -2.22. The van der Waals surface area contributed by atoms with Crippen molar-refractivity contribution in [3.8, 4) is 0 Å². The third-order valence-electron chi connectivity index (χ3n) is 1.27. The summed E-state index contributed by atoms with van der Waals surface area (Å²) >= 11 is 0. The van der Waals surface area contributed by atoms with E-state index in [2.05, 4.69) is 0 Å². The molecule has 0 spiro atoms. The van der Waals surface area contributed by atoms with E-state index < -0.39 is 8.72 Å². The second-order valence-electron chi connectivity index (χ2n) is 2.03. The monoisotopic (exact) mass is 163 g/mol. The molecule has 0 aliphatic heterocycles. The molecule has 0 aromatic carbocycles. The van der Waals surface area contributed by atoms with E-state index in [-0.39, 0.29) is 0 Å². The molecule has 0 fully saturated rings. The molecule has 0 aliphatic carbocycles. The first-order chi connectivity index (χ1) is 4.68. The Morgan fingerprint density at radius 3 is 1.70 bits per heavy atom. The van der Waals surface area contributed by atoms with Crippen LogP contribution in [-0.2, 0) is 8.85 Å². The molecule has 62 valence electrons. The van der Waals surface area contributed by atoms with Crippen LogP contribution in [0, 0.1) is 0 Å². The van der Waals surface area contributed by atoms with E-state index in [1.54, 1.807) is 0 Å². The van der Waals surface area contributed by atoms with E-state index in [4.69, 9.17) is 14.3 Å². The molecule has 4 heteroatoms. The van der Waals surface area contributed by atoms with Crippen LogP contribution in [0.5, 0.6) is 0 Å². The summed E-state index contributed by atoms with van der Waals surface area (Å²) in [4.78, 5) is 0. The van der Waals surface area contributed by atoms with Crippen molar-refractivity contribution in [3.05, 3.63) is 0 Å². The fourth-order valence-electron chi connectivity index (χ4n) is 0.734. The molecule has 0 aliphatic rings. The van der Waals surface area contributed by atoms with Crippen molar-refractivity contribution in [2.24, 2.45) is 5.40 Å². The average molecular weight is 163 g/mol. The van der Waals surface area contributed by atoms with E-state index in [0.29, 0.717) is 13.2 Å². The van der Waals surface area contributed by atoms with Crippen LogP contribution >= 0.6 is 0 Å². The van der Waals surface area contributed by atoms with Crippen molar-refractivity contribution in [1.29, 1.82) is 0 Å². The van der Waals surface area contributed by atoms with Crippen LogP contribution in [0.4, 0.5) is 0 Å². The van der Waals surface area contributed by atoms with E-state index in [9.17, 15) is 0 Å². The molecule has 0 atom stereocenters. The second-order valence-corrected chi connectivity index (χ2v) is 4.94. The molecular formula is C6H17NO2Si. The number of nitrogens with two attached hydrogens (primary N) is 1. The third kappa shape index (κ3) is 3.31. The SMILES string of the molecule is CCO[Si](N)(CC)OCC. The highest BCUT2D eigenvalue weighted by Crippen LogP contribution is 2.04. The summed E-state index contributed by atoms with van der Waals surface area (Å²) in [5.74, 6) is 0. The number of rotatable bonds is 5. The Bertz CT molecular complexity index is 83.8. The lowest BCUT2D eigenvalue weighted by Crippen LogP contribution is -2.51. The van der Waals surface area contributed by atoms with Crippen LogP contribution in [0.2, 0.25) is 6.04 Å². The second kappa shape index (κ2) is 4.84. The third-order valence-corrected chi connectivity index (χ3v) is 3.81. The topological polar surface area (TPSA) is 44.5 Å². The molecule has 0 amide bonds. The van der Waals surface area contributed by atoms with Gasteiger partial charge in [0.25, 0.3) is 0 Å². The van der Waals surface area contributed by atoms with Crippen molar-refractivity contribution >= 4 is 8.72 Å². The van der Waals surface area contributed by atoms with Gasteiger partial charge >= 0.3 is 8.72 Å². The van der Waals surface area contributed by atoms with Crippen molar-refractivity contribution in [2.45, 2.75) is 26.8 Å². The minimum Gasteiger partial charge on any atom is -0.383 e. The fraction of sp³-hybridized carbons (Fsp3) is 1.00. The largest absolute Gasteiger partial charge is 0.422 e. The maximum atomic E-state index is 5.81. The zero-order valence-electron chi connectivity index (χ0n) is 7.02. The molecule has 10 heavy (non-hydrogen) atoms.